The Morgan fingerprint density at radius 1 is 1.33 bits per heavy atom. The molecule has 0 aliphatic carbocycles. The Morgan fingerprint density at radius 2 is 2.05 bits per heavy atom. The molecule has 2 aromatic rings. The molecule has 0 aliphatic rings. The van der Waals surface area contributed by atoms with Crippen molar-refractivity contribution in [2.45, 2.75) is 26.8 Å². The number of nitrogens with one attached hydrogen (secondary N) is 1. The van der Waals surface area contributed by atoms with Gasteiger partial charge in [0.15, 0.2) is 0 Å². The number of rotatable bonds is 5. The minimum atomic E-state index is -0.0258. The zero-order valence-corrected chi connectivity index (χ0v) is 12.9. The smallest absolute Gasteiger partial charge is 0.224 e. The fourth-order valence-electron chi connectivity index (χ4n) is 2.34. The predicted octanol–water partition coefficient (Wildman–Crippen LogP) is 1.90. The van der Waals surface area contributed by atoms with Crippen molar-refractivity contribution < 1.29 is 9.53 Å². The van der Waals surface area contributed by atoms with Crippen molar-refractivity contribution in [1.82, 2.24) is 15.1 Å². The third kappa shape index (κ3) is 3.42. The molecule has 0 atom stereocenters. The lowest BCUT2D eigenvalue weighted by atomic mass is 10.1. The SMILES string of the molecule is COc1ccccc1CC(=O)NCc1c(C)nn(C)c1C. The maximum atomic E-state index is 12.1. The Hall–Kier alpha value is -2.30. The van der Waals surface area contributed by atoms with Gasteiger partial charge in [-0.05, 0) is 19.9 Å². The number of hydrogen-bond acceptors (Lipinski definition) is 3. The molecular formula is C16H21N3O2. The lowest BCUT2D eigenvalue weighted by Gasteiger charge is -2.09. The van der Waals surface area contributed by atoms with E-state index in [0.717, 1.165) is 28.3 Å². The van der Waals surface area contributed by atoms with E-state index in [9.17, 15) is 4.79 Å². The number of amides is 1. The summed E-state index contributed by atoms with van der Waals surface area (Å²) in [7, 11) is 3.52. The van der Waals surface area contributed by atoms with Gasteiger partial charge in [-0.3, -0.25) is 9.48 Å². The molecule has 2 rings (SSSR count). The third-order valence-corrected chi connectivity index (χ3v) is 3.66. The molecule has 0 radical (unpaired) electrons. The van der Waals surface area contributed by atoms with Crippen molar-refractivity contribution in [1.29, 1.82) is 0 Å². The summed E-state index contributed by atoms with van der Waals surface area (Å²) in [6.45, 7) is 4.45. The standard InChI is InChI=1S/C16H21N3O2/c1-11-14(12(2)19(3)18-11)10-17-16(20)9-13-7-5-6-8-15(13)21-4/h5-8H,9-10H2,1-4H3,(H,17,20). The largest absolute Gasteiger partial charge is 0.496 e. The van der Waals surface area contributed by atoms with E-state index in [2.05, 4.69) is 10.4 Å². The molecule has 5 heteroatoms. The summed E-state index contributed by atoms with van der Waals surface area (Å²) in [6, 6.07) is 7.56. The first-order valence-corrected chi connectivity index (χ1v) is 6.90. The number of hydrogen-bond donors (Lipinski definition) is 1. The average Bonchev–Trinajstić information content (AvgIpc) is 2.71. The molecule has 0 saturated heterocycles. The summed E-state index contributed by atoms with van der Waals surface area (Å²) < 4.78 is 7.09. The molecule has 0 spiro atoms. The van der Waals surface area contributed by atoms with E-state index in [1.54, 1.807) is 7.11 Å². The molecular weight excluding hydrogens is 266 g/mol. The van der Waals surface area contributed by atoms with Crippen molar-refractivity contribution >= 4 is 5.91 Å². The van der Waals surface area contributed by atoms with Crippen LogP contribution in [0.1, 0.15) is 22.5 Å². The highest BCUT2D eigenvalue weighted by atomic mass is 16.5. The van der Waals surface area contributed by atoms with Crippen LogP contribution in [0.3, 0.4) is 0 Å². The van der Waals surface area contributed by atoms with Gasteiger partial charge in [0.1, 0.15) is 5.75 Å². The first-order chi connectivity index (χ1) is 10.0. The number of aromatic nitrogens is 2. The predicted molar refractivity (Wildman–Crippen MR) is 81.2 cm³/mol. The number of benzene rings is 1. The molecule has 1 aromatic carbocycles. The Balaban J connectivity index is 1.99. The summed E-state index contributed by atoms with van der Waals surface area (Å²) in [5.41, 5.74) is 3.99. The normalized spacial score (nSPS) is 10.5. The molecule has 1 N–H and O–H groups in total. The fraction of sp³-hybridized carbons (Fsp3) is 0.375. The number of aryl methyl sites for hydroxylation is 2. The van der Waals surface area contributed by atoms with Gasteiger partial charge in [-0.15, -0.1) is 0 Å². The first kappa shape index (κ1) is 15.1. The second-order valence-electron chi connectivity index (χ2n) is 5.04. The van der Waals surface area contributed by atoms with Crippen LogP contribution in [0.4, 0.5) is 0 Å². The van der Waals surface area contributed by atoms with Gasteiger partial charge in [0.05, 0.1) is 19.2 Å². The van der Waals surface area contributed by atoms with Gasteiger partial charge in [0, 0.05) is 30.4 Å². The topological polar surface area (TPSA) is 56.1 Å². The molecule has 0 aliphatic heterocycles. The van der Waals surface area contributed by atoms with Crippen molar-refractivity contribution in [3.63, 3.8) is 0 Å². The fourth-order valence-corrected chi connectivity index (χ4v) is 2.34. The van der Waals surface area contributed by atoms with Gasteiger partial charge >= 0.3 is 0 Å². The molecule has 0 bridgehead atoms. The van der Waals surface area contributed by atoms with Crippen LogP contribution in [-0.4, -0.2) is 22.8 Å². The Bertz CT molecular complexity index is 647. The summed E-state index contributed by atoms with van der Waals surface area (Å²) in [4.78, 5) is 12.1. The molecule has 0 saturated carbocycles. The van der Waals surface area contributed by atoms with Gasteiger partial charge in [0.25, 0.3) is 0 Å². The Labute approximate surface area is 124 Å². The third-order valence-electron chi connectivity index (χ3n) is 3.66. The second-order valence-corrected chi connectivity index (χ2v) is 5.04. The minimum absolute atomic E-state index is 0.0258. The van der Waals surface area contributed by atoms with Crippen LogP contribution in [0, 0.1) is 13.8 Å². The molecule has 1 amide bonds. The summed E-state index contributed by atoms with van der Waals surface area (Å²) in [5.74, 6) is 0.712. The van der Waals surface area contributed by atoms with Crippen molar-refractivity contribution in [2.24, 2.45) is 7.05 Å². The van der Waals surface area contributed by atoms with E-state index in [1.807, 2.05) is 49.8 Å². The van der Waals surface area contributed by atoms with E-state index in [-0.39, 0.29) is 5.91 Å². The molecule has 0 unspecified atom stereocenters. The molecule has 5 nitrogen and oxygen atoms in total. The average molecular weight is 287 g/mol. The molecule has 112 valence electrons. The number of carbonyl (C=O) groups excluding carboxylic acids is 1. The van der Waals surface area contributed by atoms with Gasteiger partial charge in [0.2, 0.25) is 5.91 Å². The van der Waals surface area contributed by atoms with Gasteiger partial charge in [-0.1, -0.05) is 18.2 Å². The monoisotopic (exact) mass is 287 g/mol. The lowest BCUT2D eigenvalue weighted by molar-refractivity contribution is -0.120. The zero-order valence-electron chi connectivity index (χ0n) is 12.9. The highest BCUT2D eigenvalue weighted by molar-refractivity contribution is 5.79. The van der Waals surface area contributed by atoms with Crippen LogP contribution in [-0.2, 0) is 24.8 Å². The minimum Gasteiger partial charge on any atom is -0.496 e. The number of para-hydroxylation sites is 1. The molecule has 1 aromatic heterocycles. The van der Waals surface area contributed by atoms with Crippen molar-refractivity contribution in [2.75, 3.05) is 7.11 Å². The van der Waals surface area contributed by atoms with E-state index in [4.69, 9.17) is 4.74 Å². The van der Waals surface area contributed by atoms with Crippen molar-refractivity contribution in [3.8, 4) is 5.75 Å². The molecule has 21 heavy (non-hydrogen) atoms. The Kier molecular flexibility index (Phi) is 4.62. The van der Waals surface area contributed by atoms with Crippen LogP contribution in [0.25, 0.3) is 0 Å². The van der Waals surface area contributed by atoms with E-state index < -0.39 is 0 Å². The van der Waals surface area contributed by atoms with Gasteiger partial charge in [-0.2, -0.15) is 5.10 Å². The lowest BCUT2D eigenvalue weighted by Crippen LogP contribution is -2.25. The summed E-state index contributed by atoms with van der Waals surface area (Å²) in [5, 5.41) is 7.29. The number of ether oxygens (including phenoxy) is 1. The highest BCUT2D eigenvalue weighted by Gasteiger charge is 2.12. The highest BCUT2D eigenvalue weighted by Crippen LogP contribution is 2.18. The molecule has 1 heterocycles. The zero-order chi connectivity index (χ0) is 15.4. The van der Waals surface area contributed by atoms with E-state index >= 15 is 0 Å². The van der Waals surface area contributed by atoms with Gasteiger partial charge < -0.3 is 10.1 Å². The van der Waals surface area contributed by atoms with Crippen LogP contribution >= 0.6 is 0 Å². The van der Waals surface area contributed by atoms with Crippen LogP contribution in [0.5, 0.6) is 5.75 Å². The maximum absolute atomic E-state index is 12.1. The number of carbonyl (C=O) groups is 1. The van der Waals surface area contributed by atoms with E-state index in [0.29, 0.717) is 13.0 Å². The van der Waals surface area contributed by atoms with Crippen LogP contribution in [0.15, 0.2) is 24.3 Å². The van der Waals surface area contributed by atoms with Gasteiger partial charge in [-0.25, -0.2) is 0 Å². The van der Waals surface area contributed by atoms with E-state index in [1.165, 1.54) is 0 Å². The Morgan fingerprint density at radius 3 is 2.67 bits per heavy atom. The number of nitrogens with zero attached hydrogens (tertiary/aromatic N) is 2. The van der Waals surface area contributed by atoms with Crippen LogP contribution < -0.4 is 10.1 Å². The quantitative estimate of drug-likeness (QED) is 0.914. The maximum Gasteiger partial charge on any atom is 0.224 e. The summed E-state index contributed by atoms with van der Waals surface area (Å²) in [6.07, 6.45) is 0.308. The number of methoxy groups -OCH3 is 1. The van der Waals surface area contributed by atoms with Crippen LogP contribution in [0.2, 0.25) is 0 Å². The van der Waals surface area contributed by atoms with Crippen molar-refractivity contribution in [3.05, 3.63) is 46.8 Å². The summed E-state index contributed by atoms with van der Waals surface area (Å²) >= 11 is 0. The molecule has 0 fully saturated rings. The first-order valence-electron chi connectivity index (χ1n) is 6.90. The second kappa shape index (κ2) is 6.43.